The number of methoxy groups -OCH3 is 2. The van der Waals surface area contributed by atoms with Crippen molar-refractivity contribution in [3.63, 3.8) is 0 Å². The van der Waals surface area contributed by atoms with E-state index in [-0.39, 0.29) is 22.1 Å². The summed E-state index contributed by atoms with van der Waals surface area (Å²) in [5.74, 6) is 0.924. The predicted octanol–water partition coefficient (Wildman–Crippen LogP) is 0.137. The summed E-state index contributed by atoms with van der Waals surface area (Å²) < 4.78 is 10.1. The number of carbonyl (C=O) groups excluding carboxylic acids is 2. The van der Waals surface area contributed by atoms with E-state index in [9.17, 15) is 9.59 Å². The minimum atomic E-state index is -0.982. The van der Waals surface area contributed by atoms with Crippen molar-refractivity contribution in [1.82, 2.24) is 30.8 Å². The zero-order chi connectivity index (χ0) is 21.6. The second-order valence-electron chi connectivity index (χ2n) is 7.66. The lowest BCUT2D eigenvalue weighted by Gasteiger charge is -2.44. The number of hydrogen-bond acceptors (Lipinski definition) is 9. The number of ether oxygens (including phenoxy) is 2. The van der Waals surface area contributed by atoms with Crippen molar-refractivity contribution in [1.29, 1.82) is 0 Å². The topological polar surface area (TPSA) is 148 Å². The van der Waals surface area contributed by atoms with E-state index in [1.807, 2.05) is 13.8 Å². The first-order valence-corrected chi connectivity index (χ1v) is 10.2. The number of rotatable bonds is 6. The van der Waals surface area contributed by atoms with Gasteiger partial charge in [-0.15, -0.1) is 16.9 Å². The van der Waals surface area contributed by atoms with Gasteiger partial charge in [-0.05, 0) is 42.0 Å². The fourth-order valence-electron chi connectivity index (χ4n) is 3.88. The van der Waals surface area contributed by atoms with Crippen LogP contribution in [0.25, 0.3) is 0 Å². The molecule has 11 nitrogen and oxygen atoms in total. The first kappa shape index (κ1) is 20.4. The average Bonchev–Trinajstić information content (AvgIpc) is 3.34. The summed E-state index contributed by atoms with van der Waals surface area (Å²) in [6, 6.07) is 3.08. The highest BCUT2D eigenvalue weighted by Crippen LogP contribution is 2.56. The van der Waals surface area contributed by atoms with Crippen molar-refractivity contribution in [2.24, 2.45) is 5.73 Å². The number of nitrogens with one attached hydrogen (secondary N) is 2. The summed E-state index contributed by atoms with van der Waals surface area (Å²) in [6.45, 7) is 4.03. The quantitative estimate of drug-likeness (QED) is 0.541. The molecule has 2 saturated heterocycles. The number of thioether (sulfide) groups is 1. The number of H-pyrrole nitrogens is 1. The van der Waals surface area contributed by atoms with Crippen molar-refractivity contribution in [3.05, 3.63) is 29.6 Å². The molecule has 2 aliphatic heterocycles. The van der Waals surface area contributed by atoms with E-state index in [1.54, 1.807) is 34.9 Å². The van der Waals surface area contributed by atoms with Crippen LogP contribution in [0.2, 0.25) is 0 Å². The van der Waals surface area contributed by atoms with Gasteiger partial charge in [0.05, 0.1) is 14.2 Å². The molecule has 3 heterocycles. The smallest absolute Gasteiger partial charge is 0.249 e. The van der Waals surface area contributed by atoms with E-state index in [0.29, 0.717) is 22.9 Å². The maximum atomic E-state index is 12.9. The second-order valence-corrected chi connectivity index (χ2v) is 9.43. The Hall–Kier alpha value is -2.86. The van der Waals surface area contributed by atoms with Crippen LogP contribution in [0.4, 0.5) is 0 Å². The molecular formula is C18H23N7O4S. The lowest BCUT2D eigenvalue weighted by atomic mass is 9.95. The molecule has 2 amide bonds. The predicted molar refractivity (Wildman–Crippen MR) is 108 cm³/mol. The van der Waals surface area contributed by atoms with Gasteiger partial charge >= 0.3 is 0 Å². The molecule has 0 radical (unpaired) electrons. The number of tetrazole rings is 1. The zero-order valence-corrected chi connectivity index (χ0v) is 17.8. The first-order valence-electron chi connectivity index (χ1n) is 9.29. The number of nitrogens with zero attached hydrogens (tertiary/aromatic N) is 4. The van der Waals surface area contributed by atoms with E-state index < -0.39 is 18.0 Å². The van der Waals surface area contributed by atoms with Gasteiger partial charge in [0.15, 0.2) is 5.82 Å². The molecule has 2 aromatic rings. The van der Waals surface area contributed by atoms with Gasteiger partial charge in [-0.1, -0.05) is 0 Å². The van der Waals surface area contributed by atoms with Crippen LogP contribution >= 0.6 is 11.8 Å². The van der Waals surface area contributed by atoms with E-state index >= 15 is 0 Å². The highest BCUT2D eigenvalue weighted by molar-refractivity contribution is 8.01. The van der Waals surface area contributed by atoms with Gasteiger partial charge in [-0.3, -0.25) is 9.59 Å². The van der Waals surface area contributed by atoms with Crippen LogP contribution in [0.3, 0.4) is 0 Å². The van der Waals surface area contributed by atoms with Crippen molar-refractivity contribution in [3.8, 4) is 11.5 Å². The molecule has 2 fully saturated rings. The largest absolute Gasteiger partial charge is 0.497 e. The van der Waals surface area contributed by atoms with Crippen LogP contribution in [0, 0.1) is 0 Å². The molecule has 4 N–H and O–H groups in total. The molecule has 30 heavy (non-hydrogen) atoms. The third kappa shape index (κ3) is 3.25. The molecule has 1 aromatic carbocycles. The number of benzene rings is 1. The molecule has 0 saturated carbocycles. The zero-order valence-electron chi connectivity index (χ0n) is 16.9. The van der Waals surface area contributed by atoms with Crippen LogP contribution < -0.4 is 20.5 Å². The average molecular weight is 433 g/mol. The Kier molecular flexibility index (Phi) is 5.06. The number of aromatic amines is 1. The monoisotopic (exact) mass is 433 g/mol. The SMILES string of the molecule is COc1cc(OC)cc(C(N)C(=O)NC2C(=O)N3C(c4nnn[nH]4)C(C)(C)S[C@@H]23)c1. The molecule has 0 aliphatic carbocycles. The van der Waals surface area contributed by atoms with Gasteiger partial charge in [-0.25, -0.2) is 5.10 Å². The minimum absolute atomic E-state index is 0.191. The van der Waals surface area contributed by atoms with Crippen LogP contribution in [-0.4, -0.2) is 67.7 Å². The molecule has 4 atom stereocenters. The molecule has 3 unspecified atom stereocenters. The van der Waals surface area contributed by atoms with Crippen molar-refractivity contribution >= 4 is 23.6 Å². The molecule has 0 spiro atoms. The minimum Gasteiger partial charge on any atom is -0.497 e. The van der Waals surface area contributed by atoms with Gasteiger partial charge in [0.2, 0.25) is 11.8 Å². The lowest BCUT2D eigenvalue weighted by Crippen LogP contribution is -2.68. The van der Waals surface area contributed by atoms with E-state index in [2.05, 4.69) is 25.9 Å². The van der Waals surface area contributed by atoms with Crippen LogP contribution in [0.1, 0.15) is 37.3 Å². The van der Waals surface area contributed by atoms with Gasteiger partial charge in [0.1, 0.15) is 35.0 Å². The van der Waals surface area contributed by atoms with Crippen molar-refractivity contribution < 1.29 is 19.1 Å². The number of hydrogen-bond donors (Lipinski definition) is 3. The standard InChI is InChI=1S/C18H23N7O4S/c1-18(2)13(14-21-23-24-22-14)25-16(27)12(17(25)30-18)20-15(26)11(19)8-5-9(28-3)7-10(6-8)29-4/h5-7,11-13,17H,19H2,1-4H3,(H,20,26)(H,21,22,23,24)/t11?,12?,13?,17-/m0/s1. The number of amides is 2. The van der Waals surface area contributed by atoms with E-state index in [1.165, 1.54) is 14.2 Å². The Bertz CT molecular complexity index is 945. The summed E-state index contributed by atoms with van der Waals surface area (Å²) in [5.41, 5.74) is 6.69. The Morgan fingerprint density at radius 1 is 1.30 bits per heavy atom. The van der Waals surface area contributed by atoms with Crippen molar-refractivity contribution in [2.75, 3.05) is 14.2 Å². The van der Waals surface area contributed by atoms with Crippen molar-refractivity contribution in [2.45, 2.75) is 42.1 Å². The number of β-lactam (4-membered cyclic amide) rings is 1. The highest BCUT2D eigenvalue weighted by atomic mass is 32.2. The summed E-state index contributed by atoms with van der Waals surface area (Å²) in [4.78, 5) is 27.4. The number of aromatic nitrogens is 4. The van der Waals surface area contributed by atoms with E-state index in [0.717, 1.165) is 0 Å². The maximum absolute atomic E-state index is 12.9. The maximum Gasteiger partial charge on any atom is 0.249 e. The van der Waals surface area contributed by atoms with Gasteiger partial charge in [0, 0.05) is 10.8 Å². The Morgan fingerprint density at radius 3 is 2.53 bits per heavy atom. The Morgan fingerprint density at radius 2 is 1.97 bits per heavy atom. The van der Waals surface area contributed by atoms with Gasteiger partial charge in [0.25, 0.3) is 0 Å². The van der Waals surface area contributed by atoms with Crippen LogP contribution in [0.15, 0.2) is 18.2 Å². The Labute approximate surface area is 177 Å². The van der Waals surface area contributed by atoms with Crippen LogP contribution in [0.5, 0.6) is 11.5 Å². The van der Waals surface area contributed by atoms with Crippen LogP contribution in [-0.2, 0) is 9.59 Å². The summed E-state index contributed by atoms with van der Waals surface area (Å²) in [5, 5.41) is 16.5. The normalized spacial score (nSPS) is 25.3. The molecule has 4 rings (SSSR count). The summed E-state index contributed by atoms with van der Waals surface area (Å²) in [6.07, 6.45) is 0. The van der Waals surface area contributed by atoms with Gasteiger partial charge < -0.3 is 25.4 Å². The molecule has 0 bridgehead atoms. The summed E-state index contributed by atoms with van der Waals surface area (Å²) >= 11 is 1.59. The molecule has 1 aromatic heterocycles. The third-order valence-electron chi connectivity index (χ3n) is 5.37. The third-order valence-corrected chi connectivity index (χ3v) is 6.95. The molecule has 2 aliphatic rings. The first-order chi connectivity index (χ1) is 14.3. The fourth-order valence-corrected chi connectivity index (χ4v) is 5.51. The number of fused-ring (bicyclic) bond motifs is 1. The van der Waals surface area contributed by atoms with Gasteiger partial charge in [-0.2, -0.15) is 0 Å². The molecular weight excluding hydrogens is 410 g/mol. The van der Waals surface area contributed by atoms with E-state index in [4.69, 9.17) is 15.2 Å². The number of nitrogens with two attached hydrogens (primary N) is 1. The highest BCUT2D eigenvalue weighted by Gasteiger charge is 2.63. The molecule has 12 heteroatoms. The summed E-state index contributed by atoms with van der Waals surface area (Å²) in [7, 11) is 3.04. The lowest BCUT2D eigenvalue weighted by molar-refractivity contribution is -0.152. The fraction of sp³-hybridized carbons (Fsp3) is 0.500. The number of carbonyl (C=O) groups is 2. The Balaban J connectivity index is 1.50. The second kappa shape index (κ2) is 7.43. The molecule has 160 valence electrons.